The lowest BCUT2D eigenvalue weighted by molar-refractivity contribution is 0.0979. The fourth-order valence-corrected chi connectivity index (χ4v) is 5.20. The molecule has 1 aliphatic carbocycles. The number of anilines is 2. The zero-order valence-corrected chi connectivity index (χ0v) is 26.2. The fourth-order valence-electron chi connectivity index (χ4n) is 5.20. The van der Waals surface area contributed by atoms with Gasteiger partial charge in [-0.15, -0.1) is 0 Å². The van der Waals surface area contributed by atoms with Gasteiger partial charge in [0.1, 0.15) is 11.5 Å². The van der Waals surface area contributed by atoms with Crippen molar-refractivity contribution in [3.63, 3.8) is 0 Å². The Morgan fingerprint density at radius 1 is 0.522 bits per heavy atom. The molecule has 5 rings (SSSR count). The molecule has 0 heterocycles. The van der Waals surface area contributed by atoms with Crippen molar-refractivity contribution < 1.29 is 28.7 Å². The Bertz CT molecular complexity index is 1600. The SMILES string of the molecule is CCCCCOc1ccc(C(=O)Nc2ccc3c(c2)C(=O)c2ccc(NC(=O)c4ccc(OCCCCC)cc4)cc2C3=O)cc1. The smallest absolute Gasteiger partial charge is 0.255 e. The predicted octanol–water partition coefficient (Wildman–Crippen LogP) is 8.10. The first kappa shape index (κ1) is 32.2. The summed E-state index contributed by atoms with van der Waals surface area (Å²) in [5.74, 6) is 0.0349. The second-order valence-corrected chi connectivity index (χ2v) is 11.2. The van der Waals surface area contributed by atoms with Gasteiger partial charge in [0.15, 0.2) is 11.6 Å². The Labute approximate surface area is 269 Å². The van der Waals surface area contributed by atoms with Gasteiger partial charge in [0, 0.05) is 44.8 Å². The van der Waals surface area contributed by atoms with E-state index in [1.807, 2.05) is 0 Å². The molecule has 236 valence electrons. The minimum Gasteiger partial charge on any atom is -0.494 e. The first-order valence-corrected chi connectivity index (χ1v) is 15.8. The van der Waals surface area contributed by atoms with Crippen LogP contribution in [0.3, 0.4) is 0 Å². The van der Waals surface area contributed by atoms with Crippen LogP contribution in [-0.4, -0.2) is 36.6 Å². The van der Waals surface area contributed by atoms with Gasteiger partial charge in [0.25, 0.3) is 11.8 Å². The highest BCUT2D eigenvalue weighted by Gasteiger charge is 2.30. The standard InChI is InChI=1S/C38H38N2O6/c1-3-5-7-21-45-29-15-9-25(10-16-29)37(43)39-27-13-19-31-33(23-27)35(41)32-20-14-28(24-34(32)36(31)42)40-38(44)26-11-17-30(18-12-26)46-22-8-6-4-2/h9-20,23-24H,3-8,21-22H2,1-2H3,(H,39,43)(H,40,44). The molecule has 0 atom stereocenters. The van der Waals surface area contributed by atoms with Gasteiger partial charge in [-0.3, -0.25) is 19.2 Å². The number of carbonyl (C=O) groups is 4. The molecule has 0 radical (unpaired) electrons. The van der Waals surface area contributed by atoms with Crippen LogP contribution in [0.1, 0.15) is 105 Å². The number of hydrogen-bond donors (Lipinski definition) is 2. The minimum absolute atomic E-state index is 0.208. The van der Waals surface area contributed by atoms with Crippen LogP contribution in [0.15, 0.2) is 84.9 Å². The van der Waals surface area contributed by atoms with Crippen LogP contribution in [0.2, 0.25) is 0 Å². The maximum absolute atomic E-state index is 13.4. The summed E-state index contributed by atoms with van der Waals surface area (Å²) >= 11 is 0. The van der Waals surface area contributed by atoms with Gasteiger partial charge < -0.3 is 20.1 Å². The number of carbonyl (C=O) groups excluding carboxylic acids is 4. The normalized spacial score (nSPS) is 11.8. The van der Waals surface area contributed by atoms with Gasteiger partial charge in [0.2, 0.25) is 0 Å². The van der Waals surface area contributed by atoms with Crippen molar-refractivity contribution in [3.8, 4) is 11.5 Å². The summed E-state index contributed by atoms with van der Waals surface area (Å²) in [5, 5.41) is 5.63. The van der Waals surface area contributed by atoms with E-state index >= 15 is 0 Å². The topological polar surface area (TPSA) is 111 Å². The minimum atomic E-state index is -0.345. The highest BCUT2D eigenvalue weighted by molar-refractivity contribution is 6.29. The zero-order valence-electron chi connectivity index (χ0n) is 26.2. The van der Waals surface area contributed by atoms with E-state index < -0.39 is 0 Å². The molecule has 0 aliphatic heterocycles. The number of benzene rings is 4. The highest BCUT2D eigenvalue weighted by atomic mass is 16.5. The first-order valence-electron chi connectivity index (χ1n) is 15.8. The maximum Gasteiger partial charge on any atom is 0.255 e. The second kappa shape index (κ2) is 15.2. The predicted molar refractivity (Wildman–Crippen MR) is 179 cm³/mol. The van der Waals surface area contributed by atoms with Gasteiger partial charge in [-0.05, 0) is 97.8 Å². The van der Waals surface area contributed by atoms with Crippen molar-refractivity contribution >= 4 is 34.8 Å². The lowest BCUT2D eigenvalue weighted by Crippen LogP contribution is -2.22. The van der Waals surface area contributed by atoms with E-state index in [9.17, 15) is 19.2 Å². The zero-order chi connectivity index (χ0) is 32.5. The summed E-state index contributed by atoms with van der Waals surface area (Å²) in [6.07, 6.45) is 6.39. The third-order valence-electron chi connectivity index (χ3n) is 7.80. The number of amides is 2. The summed E-state index contributed by atoms with van der Waals surface area (Å²) in [7, 11) is 0. The van der Waals surface area contributed by atoms with Crippen molar-refractivity contribution in [1.29, 1.82) is 0 Å². The van der Waals surface area contributed by atoms with Gasteiger partial charge >= 0.3 is 0 Å². The van der Waals surface area contributed by atoms with E-state index in [-0.39, 0.29) is 45.6 Å². The maximum atomic E-state index is 13.4. The molecule has 4 aromatic carbocycles. The summed E-state index contributed by atoms with van der Waals surface area (Å²) in [4.78, 5) is 52.7. The molecule has 0 bridgehead atoms. The van der Waals surface area contributed by atoms with Crippen molar-refractivity contribution in [3.05, 3.63) is 118 Å². The number of ether oxygens (including phenoxy) is 2. The van der Waals surface area contributed by atoms with Gasteiger partial charge in [-0.1, -0.05) is 39.5 Å². The Morgan fingerprint density at radius 2 is 0.913 bits per heavy atom. The molecule has 0 unspecified atom stereocenters. The molecule has 2 amide bonds. The van der Waals surface area contributed by atoms with Crippen molar-refractivity contribution in [2.75, 3.05) is 23.8 Å². The second-order valence-electron chi connectivity index (χ2n) is 11.2. The lowest BCUT2D eigenvalue weighted by atomic mass is 9.83. The van der Waals surface area contributed by atoms with E-state index in [1.165, 1.54) is 12.1 Å². The molecule has 1 aliphatic rings. The van der Waals surface area contributed by atoms with Crippen LogP contribution in [0.25, 0.3) is 0 Å². The molecular formula is C38H38N2O6. The number of rotatable bonds is 14. The number of hydrogen-bond acceptors (Lipinski definition) is 6. The number of fused-ring (bicyclic) bond motifs is 2. The molecule has 0 aromatic heterocycles. The lowest BCUT2D eigenvalue weighted by Gasteiger charge is -2.19. The molecular weight excluding hydrogens is 580 g/mol. The molecule has 2 N–H and O–H groups in total. The monoisotopic (exact) mass is 618 g/mol. The molecule has 0 fully saturated rings. The summed E-state index contributed by atoms with van der Waals surface area (Å²) in [6, 6.07) is 23.1. The fraction of sp³-hybridized carbons (Fsp3) is 0.263. The van der Waals surface area contributed by atoms with Crippen molar-refractivity contribution in [2.45, 2.75) is 52.4 Å². The van der Waals surface area contributed by atoms with E-state index in [4.69, 9.17) is 9.47 Å². The quantitative estimate of drug-likeness (QED) is 0.122. The highest BCUT2D eigenvalue weighted by Crippen LogP contribution is 2.31. The van der Waals surface area contributed by atoms with Gasteiger partial charge in [0.05, 0.1) is 13.2 Å². The molecule has 0 spiro atoms. The van der Waals surface area contributed by atoms with Gasteiger partial charge in [-0.2, -0.15) is 0 Å². The van der Waals surface area contributed by atoms with Crippen LogP contribution < -0.4 is 20.1 Å². The van der Waals surface area contributed by atoms with Crippen molar-refractivity contribution in [2.24, 2.45) is 0 Å². The van der Waals surface area contributed by atoms with E-state index in [0.717, 1.165) is 38.5 Å². The Kier molecular flexibility index (Phi) is 10.6. The van der Waals surface area contributed by atoms with Crippen LogP contribution >= 0.6 is 0 Å². The Balaban J connectivity index is 1.23. The number of nitrogens with one attached hydrogen (secondary N) is 2. The molecule has 8 nitrogen and oxygen atoms in total. The van der Waals surface area contributed by atoms with Crippen LogP contribution in [-0.2, 0) is 0 Å². The van der Waals surface area contributed by atoms with Gasteiger partial charge in [-0.25, -0.2) is 0 Å². The number of unbranched alkanes of at least 4 members (excludes halogenated alkanes) is 4. The van der Waals surface area contributed by atoms with E-state index in [2.05, 4.69) is 24.5 Å². The number of ketones is 2. The summed E-state index contributed by atoms with van der Waals surface area (Å²) in [6.45, 7) is 5.53. The Hall–Kier alpha value is -5.24. The molecule has 0 saturated heterocycles. The summed E-state index contributed by atoms with van der Waals surface area (Å²) < 4.78 is 11.4. The molecule has 46 heavy (non-hydrogen) atoms. The Morgan fingerprint density at radius 3 is 1.28 bits per heavy atom. The third kappa shape index (κ3) is 7.69. The van der Waals surface area contributed by atoms with E-state index in [1.54, 1.807) is 72.8 Å². The van der Waals surface area contributed by atoms with Crippen LogP contribution in [0.5, 0.6) is 11.5 Å². The first-order chi connectivity index (χ1) is 22.4. The molecule has 8 heteroatoms. The molecule has 4 aromatic rings. The average molecular weight is 619 g/mol. The van der Waals surface area contributed by atoms with Crippen LogP contribution in [0, 0.1) is 0 Å². The summed E-state index contributed by atoms with van der Waals surface area (Å²) in [5.41, 5.74) is 2.56. The van der Waals surface area contributed by atoms with Crippen molar-refractivity contribution in [1.82, 2.24) is 0 Å². The largest absolute Gasteiger partial charge is 0.494 e. The molecule has 0 saturated carbocycles. The van der Waals surface area contributed by atoms with Crippen LogP contribution in [0.4, 0.5) is 11.4 Å². The third-order valence-corrected chi connectivity index (χ3v) is 7.80. The average Bonchev–Trinajstić information content (AvgIpc) is 3.08. The van der Waals surface area contributed by atoms with E-state index in [0.29, 0.717) is 47.2 Å².